The molecule has 1 aliphatic rings. The number of rotatable bonds is 4. The van der Waals surface area contributed by atoms with E-state index in [2.05, 4.69) is 48.3 Å². The summed E-state index contributed by atoms with van der Waals surface area (Å²) in [7, 11) is 0. The van der Waals surface area contributed by atoms with Crippen molar-refractivity contribution in [3.63, 3.8) is 0 Å². The Balaban J connectivity index is 1.82. The van der Waals surface area contributed by atoms with Gasteiger partial charge >= 0.3 is 0 Å². The fraction of sp³-hybridized carbons (Fsp3) is 0.538. The highest BCUT2D eigenvalue weighted by atomic mass is 32.2. The fourth-order valence-electron chi connectivity index (χ4n) is 1.85. The summed E-state index contributed by atoms with van der Waals surface area (Å²) in [6.07, 6.45) is 2.46. The molecule has 82 valence electrons. The predicted molar refractivity (Wildman–Crippen MR) is 68.4 cm³/mol. The summed E-state index contributed by atoms with van der Waals surface area (Å²) in [5, 5.41) is 3.61. The lowest BCUT2D eigenvalue weighted by Crippen LogP contribution is -2.27. The Morgan fingerprint density at radius 1 is 1.27 bits per heavy atom. The Hall–Kier alpha value is -0.470. The van der Waals surface area contributed by atoms with E-state index in [1.165, 1.54) is 29.1 Å². The molecule has 0 aromatic heterocycles. The third kappa shape index (κ3) is 3.25. The second-order valence-corrected chi connectivity index (χ2v) is 5.26. The van der Waals surface area contributed by atoms with Gasteiger partial charge in [-0.25, -0.2) is 0 Å². The van der Waals surface area contributed by atoms with Crippen molar-refractivity contribution in [3.05, 3.63) is 35.4 Å². The molecule has 1 nitrogen and oxygen atoms in total. The van der Waals surface area contributed by atoms with E-state index in [1.807, 2.05) is 0 Å². The van der Waals surface area contributed by atoms with Crippen molar-refractivity contribution in [2.24, 2.45) is 0 Å². The molecule has 1 unspecified atom stereocenters. The Morgan fingerprint density at radius 2 is 2.00 bits per heavy atom. The molecule has 0 radical (unpaired) electrons. The molecule has 2 rings (SSSR count). The second kappa shape index (κ2) is 5.57. The van der Waals surface area contributed by atoms with Crippen molar-refractivity contribution in [2.75, 3.05) is 11.5 Å². The third-order valence-electron chi connectivity index (χ3n) is 2.96. The van der Waals surface area contributed by atoms with Crippen molar-refractivity contribution in [1.82, 2.24) is 5.32 Å². The van der Waals surface area contributed by atoms with Gasteiger partial charge in [0.05, 0.1) is 0 Å². The summed E-state index contributed by atoms with van der Waals surface area (Å²) < 4.78 is 0. The van der Waals surface area contributed by atoms with Crippen LogP contribution in [0.1, 0.15) is 24.5 Å². The molecular weight excluding hydrogens is 202 g/mol. The van der Waals surface area contributed by atoms with Crippen molar-refractivity contribution < 1.29 is 0 Å². The minimum absolute atomic E-state index is 0.737. The van der Waals surface area contributed by atoms with Gasteiger partial charge in [-0.15, -0.1) is 0 Å². The van der Waals surface area contributed by atoms with Crippen molar-refractivity contribution in [1.29, 1.82) is 0 Å². The Labute approximate surface area is 96.7 Å². The monoisotopic (exact) mass is 221 g/mol. The van der Waals surface area contributed by atoms with Gasteiger partial charge in [0.15, 0.2) is 0 Å². The van der Waals surface area contributed by atoms with Crippen molar-refractivity contribution >= 4 is 11.8 Å². The van der Waals surface area contributed by atoms with Crippen LogP contribution in [0.25, 0.3) is 0 Å². The summed E-state index contributed by atoms with van der Waals surface area (Å²) in [6, 6.07) is 9.70. The lowest BCUT2D eigenvalue weighted by atomic mass is 10.1. The van der Waals surface area contributed by atoms with E-state index >= 15 is 0 Å². The molecule has 0 amide bonds. The van der Waals surface area contributed by atoms with Gasteiger partial charge in [-0.3, -0.25) is 0 Å². The zero-order valence-corrected chi connectivity index (χ0v) is 10.1. The van der Waals surface area contributed by atoms with Gasteiger partial charge in [0.2, 0.25) is 0 Å². The van der Waals surface area contributed by atoms with Crippen LogP contribution in [0.3, 0.4) is 0 Å². The maximum atomic E-state index is 3.61. The second-order valence-electron chi connectivity index (χ2n) is 4.11. The molecule has 1 N–H and O–H groups in total. The van der Waals surface area contributed by atoms with E-state index in [9.17, 15) is 0 Å². The molecule has 0 aliphatic carbocycles. The van der Waals surface area contributed by atoms with Crippen LogP contribution in [-0.2, 0) is 13.0 Å². The molecule has 0 saturated carbocycles. The summed E-state index contributed by atoms with van der Waals surface area (Å²) in [5.41, 5.74) is 2.83. The normalized spacial score (nSPS) is 20.7. The summed E-state index contributed by atoms with van der Waals surface area (Å²) in [6.45, 7) is 3.22. The SMILES string of the molecule is CCc1ccc(CNC2CCSC2)cc1. The Morgan fingerprint density at radius 3 is 2.60 bits per heavy atom. The minimum atomic E-state index is 0.737. The number of thioether (sulfide) groups is 1. The van der Waals surface area contributed by atoms with Gasteiger partial charge in [-0.1, -0.05) is 31.2 Å². The molecule has 1 fully saturated rings. The highest BCUT2D eigenvalue weighted by molar-refractivity contribution is 7.99. The molecule has 1 aliphatic heterocycles. The maximum Gasteiger partial charge on any atom is 0.0208 e. The summed E-state index contributed by atoms with van der Waals surface area (Å²) in [5.74, 6) is 2.61. The van der Waals surface area contributed by atoms with E-state index < -0.39 is 0 Å². The quantitative estimate of drug-likeness (QED) is 0.839. The molecule has 1 aromatic carbocycles. The minimum Gasteiger partial charge on any atom is -0.309 e. The van der Waals surface area contributed by atoms with Crippen LogP contribution in [0.5, 0.6) is 0 Å². The van der Waals surface area contributed by atoms with Gasteiger partial charge in [-0.2, -0.15) is 11.8 Å². The third-order valence-corrected chi connectivity index (χ3v) is 4.12. The van der Waals surface area contributed by atoms with Gasteiger partial charge in [0, 0.05) is 18.3 Å². The molecular formula is C13H19NS. The molecule has 1 atom stereocenters. The molecule has 2 heteroatoms. The molecule has 1 aromatic rings. The van der Waals surface area contributed by atoms with Crippen LogP contribution in [0.2, 0.25) is 0 Å². The highest BCUT2D eigenvalue weighted by Crippen LogP contribution is 2.17. The molecule has 1 saturated heterocycles. The number of nitrogens with one attached hydrogen (secondary N) is 1. The van der Waals surface area contributed by atoms with Gasteiger partial charge in [0.1, 0.15) is 0 Å². The van der Waals surface area contributed by atoms with Crippen molar-refractivity contribution in [3.8, 4) is 0 Å². The molecule has 0 spiro atoms. The largest absolute Gasteiger partial charge is 0.309 e. The topological polar surface area (TPSA) is 12.0 Å². The zero-order valence-electron chi connectivity index (χ0n) is 9.33. The molecule has 15 heavy (non-hydrogen) atoms. The van der Waals surface area contributed by atoms with Gasteiger partial charge in [-0.05, 0) is 29.7 Å². The number of hydrogen-bond acceptors (Lipinski definition) is 2. The number of hydrogen-bond donors (Lipinski definition) is 1. The predicted octanol–water partition coefficient (Wildman–Crippen LogP) is 2.84. The van der Waals surface area contributed by atoms with Crippen LogP contribution < -0.4 is 5.32 Å². The van der Waals surface area contributed by atoms with Crippen molar-refractivity contribution in [2.45, 2.75) is 32.4 Å². The van der Waals surface area contributed by atoms with Crippen LogP contribution in [0.4, 0.5) is 0 Å². The van der Waals surface area contributed by atoms with Crippen LogP contribution >= 0.6 is 11.8 Å². The summed E-state index contributed by atoms with van der Waals surface area (Å²) >= 11 is 2.06. The average molecular weight is 221 g/mol. The standard InChI is InChI=1S/C13H19NS/c1-2-11-3-5-12(6-4-11)9-14-13-7-8-15-10-13/h3-6,13-14H,2,7-10H2,1H3. The molecule has 0 bridgehead atoms. The Kier molecular flexibility index (Phi) is 4.09. The smallest absolute Gasteiger partial charge is 0.0208 e. The zero-order chi connectivity index (χ0) is 10.5. The number of benzene rings is 1. The summed E-state index contributed by atoms with van der Waals surface area (Å²) in [4.78, 5) is 0. The average Bonchev–Trinajstić information content (AvgIpc) is 2.80. The van der Waals surface area contributed by atoms with E-state index in [0.717, 1.165) is 19.0 Å². The highest BCUT2D eigenvalue weighted by Gasteiger charge is 2.13. The van der Waals surface area contributed by atoms with E-state index in [0.29, 0.717) is 0 Å². The van der Waals surface area contributed by atoms with Crippen LogP contribution in [0.15, 0.2) is 24.3 Å². The first-order valence-electron chi connectivity index (χ1n) is 5.77. The fourth-order valence-corrected chi connectivity index (χ4v) is 3.04. The Bertz CT molecular complexity index is 288. The first kappa shape index (κ1) is 11.0. The molecule has 1 heterocycles. The van der Waals surface area contributed by atoms with E-state index in [-0.39, 0.29) is 0 Å². The van der Waals surface area contributed by atoms with Gasteiger partial charge < -0.3 is 5.32 Å². The first-order valence-corrected chi connectivity index (χ1v) is 6.93. The first-order chi connectivity index (χ1) is 7.38. The van der Waals surface area contributed by atoms with Gasteiger partial charge in [0.25, 0.3) is 0 Å². The number of aryl methyl sites for hydroxylation is 1. The lowest BCUT2D eigenvalue weighted by Gasteiger charge is -2.11. The van der Waals surface area contributed by atoms with Crippen LogP contribution in [-0.4, -0.2) is 17.5 Å². The maximum absolute atomic E-state index is 3.61. The van der Waals surface area contributed by atoms with E-state index in [1.54, 1.807) is 0 Å². The van der Waals surface area contributed by atoms with E-state index in [4.69, 9.17) is 0 Å². The lowest BCUT2D eigenvalue weighted by molar-refractivity contribution is 0.558. The van der Waals surface area contributed by atoms with Crippen LogP contribution in [0, 0.1) is 0 Å².